The van der Waals surface area contributed by atoms with Crippen molar-refractivity contribution in [3.8, 4) is 0 Å². The maximum Gasteiger partial charge on any atom is 0.126 e. The quantitative estimate of drug-likeness (QED) is 0.899. The molecule has 2 nitrogen and oxygen atoms in total. The Balaban J connectivity index is 1.96. The van der Waals surface area contributed by atoms with Crippen molar-refractivity contribution in [3.05, 3.63) is 51.7 Å². The maximum atomic E-state index is 13.1. The predicted molar refractivity (Wildman–Crippen MR) is 68.5 cm³/mol. The topological polar surface area (TPSA) is 24.9 Å². The molecule has 0 fully saturated rings. The van der Waals surface area contributed by atoms with Crippen LogP contribution < -0.4 is 5.32 Å². The number of nitrogens with zero attached hydrogens (tertiary/aromatic N) is 1. The van der Waals surface area contributed by atoms with Crippen LogP contribution in [0, 0.1) is 12.7 Å². The summed E-state index contributed by atoms with van der Waals surface area (Å²) in [6.45, 7) is 4.58. The normalized spacial score (nSPS) is 12.6. The van der Waals surface area contributed by atoms with Crippen molar-refractivity contribution < 1.29 is 4.39 Å². The highest BCUT2D eigenvalue weighted by Crippen LogP contribution is 2.16. The van der Waals surface area contributed by atoms with Crippen molar-refractivity contribution in [2.45, 2.75) is 26.4 Å². The summed E-state index contributed by atoms with van der Waals surface area (Å²) in [7, 11) is 0. The third kappa shape index (κ3) is 3.11. The van der Waals surface area contributed by atoms with Crippen LogP contribution in [0.2, 0.25) is 0 Å². The Morgan fingerprint density at radius 3 is 2.94 bits per heavy atom. The molecule has 0 aliphatic rings. The van der Waals surface area contributed by atoms with E-state index in [4.69, 9.17) is 0 Å². The van der Waals surface area contributed by atoms with Gasteiger partial charge in [-0.2, -0.15) is 0 Å². The molecule has 1 aromatic heterocycles. The predicted octanol–water partition coefficient (Wildman–Crippen LogP) is 3.44. The molecular weight excluding hydrogens is 235 g/mol. The van der Waals surface area contributed by atoms with Crippen molar-refractivity contribution in [2.24, 2.45) is 0 Å². The fourth-order valence-electron chi connectivity index (χ4n) is 1.62. The molecule has 2 aromatic rings. The van der Waals surface area contributed by atoms with Gasteiger partial charge in [0.15, 0.2) is 0 Å². The minimum atomic E-state index is -0.151. The van der Waals surface area contributed by atoms with E-state index in [9.17, 15) is 4.39 Å². The molecule has 17 heavy (non-hydrogen) atoms. The second-order valence-corrected chi connectivity index (χ2v) is 4.98. The lowest BCUT2D eigenvalue weighted by molar-refractivity contribution is 0.569. The Kier molecular flexibility index (Phi) is 3.86. The van der Waals surface area contributed by atoms with Crippen LogP contribution >= 0.6 is 11.3 Å². The van der Waals surface area contributed by atoms with Crippen molar-refractivity contribution in [3.63, 3.8) is 0 Å². The fraction of sp³-hybridized carbons (Fsp3) is 0.308. The zero-order valence-electron chi connectivity index (χ0n) is 9.90. The number of benzene rings is 1. The van der Waals surface area contributed by atoms with Crippen LogP contribution in [0.3, 0.4) is 0 Å². The first kappa shape index (κ1) is 12.2. The van der Waals surface area contributed by atoms with Crippen molar-refractivity contribution in [1.29, 1.82) is 0 Å². The summed E-state index contributed by atoms with van der Waals surface area (Å²) >= 11 is 1.64. The Labute approximate surface area is 105 Å². The van der Waals surface area contributed by atoms with Crippen LogP contribution in [-0.4, -0.2) is 4.98 Å². The van der Waals surface area contributed by atoms with E-state index >= 15 is 0 Å². The molecule has 1 atom stereocenters. The molecule has 0 saturated heterocycles. The molecule has 0 bridgehead atoms. The van der Waals surface area contributed by atoms with E-state index in [1.54, 1.807) is 24.5 Å². The monoisotopic (exact) mass is 250 g/mol. The SMILES string of the molecule is Cc1cc(CNC(C)c2nccs2)ccc1F. The smallest absolute Gasteiger partial charge is 0.126 e. The van der Waals surface area contributed by atoms with E-state index in [2.05, 4.69) is 17.2 Å². The molecule has 1 unspecified atom stereocenters. The summed E-state index contributed by atoms with van der Waals surface area (Å²) in [5.41, 5.74) is 1.78. The lowest BCUT2D eigenvalue weighted by Gasteiger charge is -2.11. The largest absolute Gasteiger partial charge is 0.304 e. The molecule has 2 rings (SSSR count). The van der Waals surface area contributed by atoms with Gasteiger partial charge >= 0.3 is 0 Å². The zero-order valence-corrected chi connectivity index (χ0v) is 10.7. The van der Waals surface area contributed by atoms with E-state index in [1.165, 1.54) is 6.07 Å². The van der Waals surface area contributed by atoms with Gasteiger partial charge in [0, 0.05) is 18.1 Å². The average molecular weight is 250 g/mol. The summed E-state index contributed by atoms with van der Waals surface area (Å²) in [6.07, 6.45) is 1.81. The van der Waals surface area contributed by atoms with Gasteiger partial charge in [0.05, 0.1) is 6.04 Å². The number of hydrogen-bond donors (Lipinski definition) is 1. The molecule has 1 N–H and O–H groups in total. The molecule has 90 valence electrons. The summed E-state index contributed by atoms with van der Waals surface area (Å²) in [4.78, 5) is 4.26. The van der Waals surface area contributed by atoms with Crippen molar-refractivity contribution in [1.82, 2.24) is 10.3 Å². The summed E-state index contributed by atoms with van der Waals surface area (Å²) < 4.78 is 13.1. The Bertz CT molecular complexity index is 482. The molecule has 1 heterocycles. The molecule has 0 aliphatic heterocycles. The van der Waals surface area contributed by atoms with Crippen molar-refractivity contribution >= 4 is 11.3 Å². The van der Waals surface area contributed by atoms with E-state index in [0.717, 1.165) is 17.1 Å². The fourth-order valence-corrected chi connectivity index (χ4v) is 2.29. The number of hydrogen-bond acceptors (Lipinski definition) is 3. The molecule has 1 aromatic carbocycles. The highest BCUT2D eigenvalue weighted by Gasteiger charge is 2.07. The van der Waals surface area contributed by atoms with E-state index in [1.807, 2.05) is 17.5 Å². The molecule has 0 radical (unpaired) electrons. The van der Waals surface area contributed by atoms with E-state index < -0.39 is 0 Å². The Hall–Kier alpha value is -1.26. The highest BCUT2D eigenvalue weighted by atomic mass is 32.1. The van der Waals surface area contributed by atoms with Gasteiger partial charge in [0.1, 0.15) is 10.8 Å². The third-order valence-electron chi connectivity index (χ3n) is 2.66. The van der Waals surface area contributed by atoms with Gasteiger partial charge in [-0.05, 0) is 31.0 Å². The molecule has 0 aliphatic carbocycles. The van der Waals surface area contributed by atoms with Gasteiger partial charge in [-0.3, -0.25) is 0 Å². The average Bonchev–Trinajstić information content (AvgIpc) is 2.84. The second-order valence-electron chi connectivity index (χ2n) is 4.06. The first-order valence-electron chi connectivity index (χ1n) is 5.54. The van der Waals surface area contributed by atoms with Crippen LogP contribution in [0.5, 0.6) is 0 Å². The molecule has 0 amide bonds. The van der Waals surface area contributed by atoms with Crippen LogP contribution in [-0.2, 0) is 6.54 Å². The van der Waals surface area contributed by atoms with Crippen LogP contribution in [0.15, 0.2) is 29.8 Å². The van der Waals surface area contributed by atoms with Gasteiger partial charge in [-0.25, -0.2) is 9.37 Å². The number of thiazole rings is 1. The van der Waals surface area contributed by atoms with Gasteiger partial charge in [0.2, 0.25) is 0 Å². The number of aryl methyl sites for hydroxylation is 1. The molecular formula is C13H15FN2S. The third-order valence-corrected chi connectivity index (χ3v) is 3.61. The van der Waals surface area contributed by atoms with Crippen molar-refractivity contribution in [2.75, 3.05) is 0 Å². The van der Waals surface area contributed by atoms with Gasteiger partial charge < -0.3 is 5.32 Å². The van der Waals surface area contributed by atoms with Gasteiger partial charge in [-0.15, -0.1) is 11.3 Å². The molecule has 0 spiro atoms. The first-order valence-corrected chi connectivity index (χ1v) is 6.42. The van der Waals surface area contributed by atoms with Crippen LogP contribution in [0.25, 0.3) is 0 Å². The number of nitrogens with one attached hydrogen (secondary N) is 1. The minimum absolute atomic E-state index is 0.151. The summed E-state index contributed by atoms with van der Waals surface area (Å²) in [5.74, 6) is -0.151. The summed E-state index contributed by atoms with van der Waals surface area (Å²) in [6, 6.07) is 5.42. The zero-order chi connectivity index (χ0) is 12.3. The lowest BCUT2D eigenvalue weighted by Crippen LogP contribution is -2.17. The Morgan fingerprint density at radius 2 is 2.29 bits per heavy atom. The standard InChI is InChI=1S/C13H15FN2S/c1-9-7-11(3-4-12(9)14)8-16-10(2)13-15-5-6-17-13/h3-7,10,16H,8H2,1-2H3. The number of aromatic nitrogens is 1. The van der Waals surface area contributed by atoms with E-state index in [0.29, 0.717) is 5.56 Å². The first-order chi connectivity index (χ1) is 8.16. The van der Waals surface area contributed by atoms with Gasteiger partial charge in [-0.1, -0.05) is 12.1 Å². The minimum Gasteiger partial charge on any atom is -0.304 e. The number of rotatable bonds is 4. The summed E-state index contributed by atoms with van der Waals surface area (Å²) in [5, 5.41) is 6.41. The van der Waals surface area contributed by atoms with Crippen LogP contribution in [0.4, 0.5) is 4.39 Å². The van der Waals surface area contributed by atoms with E-state index in [-0.39, 0.29) is 11.9 Å². The second kappa shape index (κ2) is 5.38. The van der Waals surface area contributed by atoms with Gasteiger partial charge in [0.25, 0.3) is 0 Å². The lowest BCUT2D eigenvalue weighted by atomic mass is 10.1. The highest BCUT2D eigenvalue weighted by molar-refractivity contribution is 7.09. The molecule has 4 heteroatoms. The van der Waals surface area contributed by atoms with Crippen LogP contribution in [0.1, 0.15) is 29.1 Å². The Morgan fingerprint density at radius 1 is 1.47 bits per heavy atom. The number of halogens is 1. The maximum absolute atomic E-state index is 13.1. The molecule has 0 saturated carbocycles.